The fourth-order valence-electron chi connectivity index (χ4n) is 0. The van der Waals surface area contributed by atoms with Gasteiger partial charge in [0.05, 0.1) is 0 Å². The van der Waals surface area contributed by atoms with Crippen LogP contribution in [-0.4, -0.2) is 0 Å². The predicted molar refractivity (Wildman–Crippen MR) is 1.37 cm³/mol. The molecule has 0 aliphatic carbocycles. The van der Waals surface area contributed by atoms with Crippen LogP contribution in [0.15, 0.2) is 0 Å². The topological polar surface area (TPSA) is 34.1 Å². The van der Waals surface area contributed by atoms with E-state index in [9.17, 15) is 0 Å². The first-order chi connectivity index (χ1) is 2.00. The Morgan fingerprint density at radius 1 is 1.25 bits per heavy atom. The molecule has 0 aliphatic rings. The van der Waals surface area contributed by atoms with E-state index in [-0.39, 0.29) is 0 Å². The summed E-state index contributed by atoms with van der Waals surface area (Å²) >= 11 is 1.92. The van der Waals surface area contributed by atoms with Crippen molar-refractivity contribution >= 4 is 0 Å². The second-order valence-electron chi connectivity index (χ2n) is 0. The minimum absolute atomic E-state index is 0.889. The van der Waals surface area contributed by atoms with Crippen molar-refractivity contribution in [3.63, 3.8) is 0 Å². The molecule has 0 N–H and O–H groups in total. The third-order valence-electron chi connectivity index (χ3n) is 0. The molecule has 0 aliphatic heterocycles. The normalized spacial score (nSPS) is 3.00. The Morgan fingerprint density at radius 2 is 1.25 bits per heavy atom. The van der Waals surface area contributed by atoms with Crippen LogP contribution in [0.3, 0.4) is 0 Å². The van der Waals surface area contributed by atoms with E-state index in [2.05, 4.69) is 0 Å². The summed E-state index contributed by atoms with van der Waals surface area (Å²) in [5, 5.41) is 0. The zero-order valence-corrected chi connectivity index (χ0v) is 5.40. The van der Waals surface area contributed by atoms with E-state index in [1.807, 2.05) is 0 Å². The molecule has 0 aromatic rings. The molecule has 0 amide bonds. The molecule has 0 aromatic heterocycles. The molecule has 0 atom stereocenters. The van der Waals surface area contributed by atoms with E-state index in [0.29, 0.717) is 0 Å². The van der Waals surface area contributed by atoms with Gasteiger partial charge in [-0.3, -0.25) is 0 Å². The van der Waals surface area contributed by atoms with Crippen molar-refractivity contribution in [3.8, 4) is 0 Å². The van der Waals surface area contributed by atoms with Crippen molar-refractivity contribution in [1.82, 2.24) is 0 Å². The van der Waals surface area contributed by atoms with Gasteiger partial charge in [-0.05, 0) is 0 Å². The molecule has 0 bridgehead atoms. The first-order valence-electron chi connectivity index (χ1n) is 0.252. The molecule has 0 saturated carbocycles. The molecule has 4 heteroatoms. The van der Waals surface area contributed by atoms with Gasteiger partial charge in [-0.25, -0.2) is 0 Å². The molecule has 0 rings (SSSR count). The minimum atomic E-state index is 0.889. The second kappa shape index (κ2) is 19.3. The Morgan fingerprint density at radius 3 is 1.25 bits per heavy atom. The molecule has 2 nitrogen and oxygen atoms in total. The van der Waals surface area contributed by atoms with Gasteiger partial charge in [0, 0.05) is 0 Å². The van der Waals surface area contributed by atoms with Crippen LogP contribution in [0, 0.1) is 72.2 Å². The van der Waals surface area contributed by atoms with Crippen LogP contribution in [0.4, 0.5) is 0 Å². The number of hydrogen-bond acceptors (Lipinski definition) is 2. The van der Waals surface area contributed by atoms with Crippen LogP contribution < -0.4 is 0 Å². The zero-order chi connectivity index (χ0) is 4.00. The molecule has 0 spiro atoms. The molecule has 33 valence electrons. The first-order valence-corrected chi connectivity index (χ1v) is 1.87. The average Bonchev–Trinajstić information content (AvgIpc) is 1.50. The van der Waals surface area contributed by atoms with Gasteiger partial charge in [-0.1, -0.05) is 0 Å². The summed E-state index contributed by atoms with van der Waals surface area (Å²) in [5.74, 6) is 0. The summed E-state index contributed by atoms with van der Waals surface area (Å²) in [5.41, 5.74) is 0. The number of rotatable bonds is 0. The van der Waals surface area contributed by atoms with Crippen molar-refractivity contribution in [2.24, 2.45) is 0 Å². The fourth-order valence-corrected chi connectivity index (χ4v) is 0. The summed E-state index contributed by atoms with van der Waals surface area (Å²) in [6.07, 6.45) is 0. The van der Waals surface area contributed by atoms with Crippen LogP contribution in [-0.2, 0) is 2.81 Å². The van der Waals surface area contributed by atoms with Gasteiger partial charge in [0.15, 0.2) is 0 Å². The van der Waals surface area contributed by atoms with E-state index in [1.54, 1.807) is 0 Å². The van der Waals surface area contributed by atoms with Crippen LogP contribution >= 0.6 is 0 Å². The Balaban J connectivity index is 0. The predicted octanol–water partition coefficient (Wildman–Crippen LogP) is -0.238. The molecule has 0 fully saturated rings. The van der Waals surface area contributed by atoms with Gasteiger partial charge < -0.3 is 0 Å². The molecule has 0 unspecified atom stereocenters. The van der Waals surface area contributed by atoms with Crippen LogP contribution in [0.1, 0.15) is 0 Å². The standard InChI is InChI=1S/Dy.Ho.2O. The summed E-state index contributed by atoms with van der Waals surface area (Å²) in [7, 11) is 0. The van der Waals surface area contributed by atoms with Crippen molar-refractivity contribution < 1.29 is 75.0 Å². The average molecular weight is 359 g/mol. The van der Waals surface area contributed by atoms with Crippen LogP contribution in [0.25, 0.3) is 0 Å². The summed E-state index contributed by atoms with van der Waals surface area (Å²) in [4.78, 5) is 0. The van der Waals surface area contributed by atoms with Gasteiger partial charge in [0.25, 0.3) is 0 Å². The third-order valence-corrected chi connectivity index (χ3v) is 0. The summed E-state index contributed by atoms with van der Waals surface area (Å²) < 4.78 is 16.4. The van der Waals surface area contributed by atoms with E-state index in [4.69, 9.17) is 2.81 Å². The van der Waals surface area contributed by atoms with Crippen molar-refractivity contribution in [3.05, 3.63) is 0 Å². The maximum absolute atomic E-state index is 8.22. The quantitative estimate of drug-likeness (QED) is 0.560. The second-order valence-corrected chi connectivity index (χ2v) is 0. The fraction of sp³-hybridized carbons (Fsp3) is 0. The molecule has 0 heterocycles. The molecule has 0 saturated heterocycles. The molecule has 0 aromatic carbocycles. The monoisotopic (exact) mass is 361 g/mol. The Bertz CT molecular complexity index is 8.00. The van der Waals surface area contributed by atoms with Crippen molar-refractivity contribution in [1.29, 1.82) is 0 Å². The van der Waals surface area contributed by atoms with Gasteiger partial charge >= 0.3 is 75.0 Å². The van der Waals surface area contributed by atoms with Crippen molar-refractivity contribution in [2.75, 3.05) is 0 Å². The molecule has 4 heavy (non-hydrogen) atoms. The summed E-state index contributed by atoms with van der Waals surface area (Å²) in [6, 6.07) is 0. The number of hydrogen-bond donors (Lipinski definition) is 0. The Kier molecular flexibility index (Phi) is 45.6. The Hall–Kier alpha value is 2.13. The van der Waals surface area contributed by atoms with E-state index >= 15 is 0 Å². The zero-order valence-electron chi connectivity index (χ0n) is 1.43. The molecule has 0 radical (unpaired) electrons. The summed E-state index contributed by atoms with van der Waals surface area (Å²) in [6.45, 7) is 0. The van der Waals surface area contributed by atoms with Gasteiger partial charge in [-0.15, -0.1) is 0 Å². The molecular formula is DyHoO2. The van der Waals surface area contributed by atoms with Crippen LogP contribution in [0.5, 0.6) is 0 Å². The van der Waals surface area contributed by atoms with E-state index < -0.39 is 0 Å². The van der Waals surface area contributed by atoms with Crippen molar-refractivity contribution in [2.45, 2.75) is 0 Å². The third kappa shape index (κ3) is 8.92. The Labute approximate surface area is 73.1 Å². The molecular weight excluding hydrogens is 359 g/mol. The van der Waals surface area contributed by atoms with Gasteiger partial charge in [0.2, 0.25) is 0 Å². The van der Waals surface area contributed by atoms with E-state index in [0.717, 1.165) is 72.2 Å². The van der Waals surface area contributed by atoms with Gasteiger partial charge in [-0.2, -0.15) is 0 Å². The maximum atomic E-state index is 8.22. The SMILES string of the molecule is [O]=[Dy].[O]=[Ho]. The first kappa shape index (κ1) is 9.46. The van der Waals surface area contributed by atoms with Gasteiger partial charge in [0.1, 0.15) is 0 Å². The van der Waals surface area contributed by atoms with Crippen LogP contribution in [0.2, 0.25) is 0 Å². The van der Waals surface area contributed by atoms with E-state index in [1.165, 1.54) is 0 Å².